The summed E-state index contributed by atoms with van der Waals surface area (Å²) in [6.07, 6.45) is 24.6. The van der Waals surface area contributed by atoms with Gasteiger partial charge in [0.1, 0.15) is 11.5 Å². The number of nitrogens with one attached hydrogen (secondary N) is 1. The van der Waals surface area contributed by atoms with Crippen molar-refractivity contribution >= 4 is 11.5 Å². The van der Waals surface area contributed by atoms with E-state index in [4.69, 9.17) is 11.5 Å². The van der Waals surface area contributed by atoms with Crippen molar-refractivity contribution in [2.75, 3.05) is 12.3 Å². The zero-order chi connectivity index (χ0) is 35.8. The number of allylic oxidation sites excluding steroid dienone is 4. The van der Waals surface area contributed by atoms with Gasteiger partial charge in [-0.3, -0.25) is 4.98 Å². The molecule has 0 aromatic carbocycles. The van der Waals surface area contributed by atoms with E-state index >= 15 is 0 Å². The van der Waals surface area contributed by atoms with E-state index in [0.717, 1.165) is 71.8 Å². The fourth-order valence-electron chi connectivity index (χ4n) is 10.1. The minimum absolute atomic E-state index is 0. The third kappa shape index (κ3) is 10.3. The van der Waals surface area contributed by atoms with Crippen molar-refractivity contribution < 1.29 is 0 Å². The van der Waals surface area contributed by atoms with Gasteiger partial charge < -0.3 is 16.8 Å². The highest BCUT2D eigenvalue weighted by Gasteiger charge is 2.50. The van der Waals surface area contributed by atoms with Crippen LogP contribution in [0.5, 0.6) is 0 Å². The Morgan fingerprint density at radius 1 is 0.980 bits per heavy atom. The molecule has 2 aromatic rings. The number of nitrogens with two attached hydrogens (primary N) is 2. The first-order valence-corrected chi connectivity index (χ1v) is 19.9. The van der Waals surface area contributed by atoms with Crippen molar-refractivity contribution in [2.24, 2.45) is 46.7 Å². The molecule has 0 amide bonds. The highest BCUT2D eigenvalue weighted by molar-refractivity contribution is 5.57. The molecule has 0 aliphatic heterocycles. The predicted octanol–water partition coefficient (Wildman–Crippen LogP) is 10.0. The minimum atomic E-state index is 0. The number of fused-ring (bicyclic) bond motifs is 4. The summed E-state index contributed by atoms with van der Waals surface area (Å²) in [7, 11) is 0. The van der Waals surface area contributed by atoms with E-state index in [2.05, 4.69) is 78.8 Å². The van der Waals surface area contributed by atoms with Crippen LogP contribution in [0.1, 0.15) is 143 Å². The zero-order valence-corrected chi connectivity index (χ0v) is 32.2. The smallest absolute Gasteiger partial charge is 0.142 e. The molecule has 0 spiro atoms. The third-order valence-electron chi connectivity index (χ3n) is 13.1. The SMILES string of the molecule is C.C=C(NCCC)c1ccc(CCC2C(C)CCC(C)C2N)nn1.CC1=CC2=C(CC1)C1CCC3(C)CCCC3C1CC2.Cc1cncc(N)n1. The van der Waals surface area contributed by atoms with Crippen molar-refractivity contribution in [1.29, 1.82) is 0 Å². The van der Waals surface area contributed by atoms with Gasteiger partial charge in [0.2, 0.25) is 0 Å². The average molecular weight is 698 g/mol. The summed E-state index contributed by atoms with van der Waals surface area (Å²) in [6, 6.07) is 4.41. The fraction of sp³-hybridized carbons (Fsp3) is 0.682. The second-order valence-electron chi connectivity index (χ2n) is 16.8. The molecule has 8 unspecified atom stereocenters. The van der Waals surface area contributed by atoms with Crippen LogP contribution >= 0.6 is 0 Å². The van der Waals surface area contributed by atoms with Gasteiger partial charge in [0.05, 0.1) is 23.3 Å². The number of rotatable bonds is 7. The normalized spacial score (nSPS) is 30.8. The fourth-order valence-corrected chi connectivity index (χ4v) is 10.1. The Kier molecular flexibility index (Phi) is 14.9. The molecule has 2 heterocycles. The van der Waals surface area contributed by atoms with Crippen molar-refractivity contribution in [3.63, 3.8) is 0 Å². The van der Waals surface area contributed by atoms with E-state index in [0.29, 0.717) is 29.6 Å². The highest BCUT2D eigenvalue weighted by Crippen LogP contribution is 2.60. The van der Waals surface area contributed by atoms with Crippen molar-refractivity contribution in [3.05, 3.63) is 71.0 Å². The summed E-state index contributed by atoms with van der Waals surface area (Å²) in [5.74, 6) is 5.51. The van der Waals surface area contributed by atoms with Crippen LogP contribution in [0.25, 0.3) is 5.70 Å². The minimum Gasteiger partial charge on any atom is -0.384 e. The van der Waals surface area contributed by atoms with Crippen molar-refractivity contribution in [1.82, 2.24) is 25.5 Å². The lowest BCUT2D eigenvalue weighted by molar-refractivity contribution is 0.0428. The Morgan fingerprint density at radius 3 is 2.45 bits per heavy atom. The molecule has 282 valence electrons. The number of hydrogen-bond donors (Lipinski definition) is 3. The number of hydrogen-bond acceptors (Lipinski definition) is 7. The Bertz CT molecular complexity index is 1460. The third-order valence-corrected chi connectivity index (χ3v) is 13.1. The van der Waals surface area contributed by atoms with Gasteiger partial charge in [-0.2, -0.15) is 5.10 Å². The molecule has 5 N–H and O–H groups in total. The molecule has 0 bridgehead atoms. The van der Waals surface area contributed by atoms with Gasteiger partial charge >= 0.3 is 0 Å². The van der Waals surface area contributed by atoms with Gasteiger partial charge in [-0.25, -0.2) is 4.98 Å². The quantitative estimate of drug-likeness (QED) is 0.264. The Morgan fingerprint density at radius 2 is 1.76 bits per heavy atom. The van der Waals surface area contributed by atoms with Gasteiger partial charge in [0, 0.05) is 18.8 Å². The highest BCUT2D eigenvalue weighted by atomic mass is 15.1. The zero-order valence-electron chi connectivity index (χ0n) is 32.2. The molecule has 7 rings (SSSR count). The number of aromatic nitrogens is 4. The van der Waals surface area contributed by atoms with E-state index in [1.807, 2.05) is 18.6 Å². The van der Waals surface area contributed by atoms with Gasteiger partial charge in [-0.15, -0.1) is 5.10 Å². The van der Waals surface area contributed by atoms with E-state index < -0.39 is 0 Å². The van der Waals surface area contributed by atoms with Crippen LogP contribution in [0, 0.1) is 47.8 Å². The molecular weight excluding hydrogens is 627 g/mol. The van der Waals surface area contributed by atoms with Crippen LogP contribution in [0.4, 0.5) is 5.82 Å². The molecule has 3 fully saturated rings. The van der Waals surface area contributed by atoms with E-state index in [1.165, 1.54) is 76.8 Å². The largest absolute Gasteiger partial charge is 0.384 e. The van der Waals surface area contributed by atoms with E-state index in [9.17, 15) is 0 Å². The van der Waals surface area contributed by atoms with Crippen molar-refractivity contribution in [3.8, 4) is 0 Å². The number of nitrogens with zero attached hydrogens (tertiary/aromatic N) is 4. The maximum absolute atomic E-state index is 6.43. The topological polar surface area (TPSA) is 116 Å². The second kappa shape index (κ2) is 18.6. The second-order valence-corrected chi connectivity index (χ2v) is 16.8. The summed E-state index contributed by atoms with van der Waals surface area (Å²) in [5.41, 5.74) is 21.3. The van der Waals surface area contributed by atoms with Crippen LogP contribution in [0.2, 0.25) is 0 Å². The first-order valence-electron chi connectivity index (χ1n) is 19.9. The molecule has 7 heteroatoms. The van der Waals surface area contributed by atoms with Gasteiger partial charge in [-0.1, -0.05) is 71.8 Å². The molecule has 3 saturated carbocycles. The molecule has 5 aliphatic carbocycles. The molecule has 7 nitrogen and oxygen atoms in total. The standard InChI is InChI=1S/C19H32N4.C19H28.C5H7N3.CH4/c1-5-12-21-15(4)18-11-9-16(22-23-18)8-10-17-13(2)6-7-14(3)19(17)20;1-13-5-7-15-14(12-13)6-8-17-16(15)9-11-19(2)10-3-4-18(17)19;1-4-2-7-3-5(6)8-4;/h9,11,13-14,17,19,21H,4-8,10,12,20H2,1-3H3;12,16-18H,3-11H2,1-2H3;2-3H,1H3,(H2,6,8);1H4. The Balaban J connectivity index is 0.000000187. The first-order chi connectivity index (χ1) is 24.0. The summed E-state index contributed by atoms with van der Waals surface area (Å²) in [6.45, 7) is 18.5. The molecule has 8 atom stereocenters. The monoisotopic (exact) mass is 698 g/mol. The summed E-state index contributed by atoms with van der Waals surface area (Å²) < 4.78 is 0. The number of aryl methyl sites for hydroxylation is 2. The van der Waals surface area contributed by atoms with Crippen LogP contribution in [0.15, 0.2) is 53.9 Å². The van der Waals surface area contributed by atoms with Gasteiger partial charge in [0.15, 0.2) is 0 Å². The summed E-state index contributed by atoms with van der Waals surface area (Å²) in [4.78, 5) is 7.69. The average Bonchev–Trinajstić information content (AvgIpc) is 3.51. The van der Waals surface area contributed by atoms with E-state index in [-0.39, 0.29) is 7.43 Å². The molecule has 51 heavy (non-hydrogen) atoms. The van der Waals surface area contributed by atoms with E-state index in [1.54, 1.807) is 17.3 Å². The number of nitrogen functional groups attached to an aromatic ring is 1. The lowest BCUT2D eigenvalue weighted by Crippen LogP contribution is -2.43. The maximum atomic E-state index is 6.43. The van der Waals surface area contributed by atoms with Crippen LogP contribution in [-0.4, -0.2) is 32.8 Å². The molecule has 0 radical (unpaired) electrons. The Labute approximate surface area is 311 Å². The summed E-state index contributed by atoms with van der Waals surface area (Å²) >= 11 is 0. The van der Waals surface area contributed by atoms with Gasteiger partial charge in [0.25, 0.3) is 0 Å². The molecule has 0 saturated heterocycles. The van der Waals surface area contributed by atoms with Gasteiger partial charge in [-0.05, 0) is 150 Å². The van der Waals surface area contributed by atoms with Crippen LogP contribution in [0.3, 0.4) is 0 Å². The van der Waals surface area contributed by atoms with Crippen LogP contribution < -0.4 is 16.8 Å². The predicted molar refractivity (Wildman–Crippen MR) is 216 cm³/mol. The Hall–Kier alpha value is -3.06. The maximum Gasteiger partial charge on any atom is 0.142 e. The number of anilines is 1. The lowest BCUT2D eigenvalue weighted by atomic mass is 9.55. The summed E-state index contributed by atoms with van der Waals surface area (Å²) in [5, 5.41) is 11.9. The van der Waals surface area contributed by atoms with Crippen LogP contribution in [-0.2, 0) is 6.42 Å². The lowest BCUT2D eigenvalue weighted by Gasteiger charge is -2.50. The first kappa shape index (κ1) is 40.7. The molecule has 2 aromatic heterocycles. The van der Waals surface area contributed by atoms with Crippen molar-refractivity contribution in [2.45, 2.75) is 145 Å². The molecule has 5 aliphatic rings. The molecular formula is C44H71N7.